The molecule has 1 aliphatic rings. The van der Waals surface area contributed by atoms with Gasteiger partial charge < -0.3 is 4.52 Å². The molecule has 1 saturated heterocycles. The van der Waals surface area contributed by atoms with Gasteiger partial charge in [-0.15, -0.1) is 11.3 Å². The van der Waals surface area contributed by atoms with Crippen LogP contribution in [0.25, 0.3) is 11.4 Å². The third-order valence-electron chi connectivity index (χ3n) is 4.38. The van der Waals surface area contributed by atoms with E-state index in [1.807, 2.05) is 30.3 Å². The first kappa shape index (κ1) is 17.9. The van der Waals surface area contributed by atoms with Crippen LogP contribution in [0.15, 0.2) is 40.9 Å². The van der Waals surface area contributed by atoms with Crippen LogP contribution in [-0.2, 0) is 13.1 Å². The van der Waals surface area contributed by atoms with E-state index >= 15 is 0 Å². The molecule has 0 spiro atoms. The van der Waals surface area contributed by atoms with Gasteiger partial charge in [-0.05, 0) is 24.3 Å². The predicted molar refractivity (Wildman–Crippen MR) is 105 cm³/mol. The van der Waals surface area contributed by atoms with E-state index in [1.54, 1.807) is 11.3 Å². The minimum absolute atomic E-state index is 0.579. The van der Waals surface area contributed by atoms with Gasteiger partial charge in [0, 0.05) is 48.2 Å². The number of thiophene rings is 1. The second-order valence-electron chi connectivity index (χ2n) is 6.28. The minimum atomic E-state index is 0.579. The average molecular weight is 409 g/mol. The van der Waals surface area contributed by atoms with Crippen LogP contribution in [0, 0.1) is 0 Å². The van der Waals surface area contributed by atoms with Gasteiger partial charge in [0.25, 0.3) is 0 Å². The summed E-state index contributed by atoms with van der Waals surface area (Å²) in [5.41, 5.74) is 0.868. The number of benzene rings is 1. The fourth-order valence-corrected chi connectivity index (χ4v) is 4.34. The molecule has 26 heavy (non-hydrogen) atoms. The van der Waals surface area contributed by atoms with Crippen molar-refractivity contribution >= 4 is 34.5 Å². The van der Waals surface area contributed by atoms with Crippen LogP contribution in [0.1, 0.15) is 10.8 Å². The molecule has 3 aromatic rings. The van der Waals surface area contributed by atoms with Gasteiger partial charge in [0.05, 0.1) is 10.9 Å². The zero-order chi connectivity index (χ0) is 17.9. The highest BCUT2D eigenvalue weighted by Gasteiger charge is 2.20. The summed E-state index contributed by atoms with van der Waals surface area (Å²) in [4.78, 5) is 10.6. The maximum Gasteiger partial charge on any atom is 0.241 e. The van der Waals surface area contributed by atoms with E-state index < -0.39 is 0 Å². The second-order valence-corrected chi connectivity index (χ2v) is 8.52. The van der Waals surface area contributed by atoms with Crippen molar-refractivity contribution in [1.82, 2.24) is 19.9 Å². The van der Waals surface area contributed by atoms with E-state index in [1.165, 1.54) is 4.88 Å². The van der Waals surface area contributed by atoms with E-state index in [0.29, 0.717) is 23.3 Å². The van der Waals surface area contributed by atoms with Crippen LogP contribution in [0.3, 0.4) is 0 Å². The highest BCUT2D eigenvalue weighted by Crippen LogP contribution is 2.23. The number of hydrogen-bond acceptors (Lipinski definition) is 6. The molecular weight excluding hydrogens is 391 g/mol. The Labute approximate surface area is 166 Å². The summed E-state index contributed by atoms with van der Waals surface area (Å²) >= 11 is 13.7. The summed E-state index contributed by atoms with van der Waals surface area (Å²) in [6.45, 7) is 5.63. The summed E-state index contributed by atoms with van der Waals surface area (Å²) in [7, 11) is 0. The van der Waals surface area contributed by atoms with Crippen LogP contribution >= 0.6 is 34.5 Å². The Morgan fingerprint density at radius 2 is 1.77 bits per heavy atom. The lowest BCUT2D eigenvalue weighted by molar-refractivity contribution is 0.113. The molecule has 1 fully saturated rings. The number of rotatable bonds is 5. The molecule has 2 aromatic heterocycles. The van der Waals surface area contributed by atoms with Gasteiger partial charge >= 0.3 is 0 Å². The highest BCUT2D eigenvalue weighted by molar-refractivity contribution is 7.16. The van der Waals surface area contributed by atoms with Crippen molar-refractivity contribution < 1.29 is 4.52 Å². The summed E-state index contributed by atoms with van der Waals surface area (Å²) in [6, 6.07) is 11.5. The highest BCUT2D eigenvalue weighted by atomic mass is 35.5. The van der Waals surface area contributed by atoms with Crippen LogP contribution in [0.4, 0.5) is 0 Å². The lowest BCUT2D eigenvalue weighted by Gasteiger charge is -2.33. The molecule has 4 rings (SSSR count). The van der Waals surface area contributed by atoms with Crippen LogP contribution < -0.4 is 0 Å². The van der Waals surface area contributed by atoms with Crippen molar-refractivity contribution in [2.75, 3.05) is 26.2 Å². The Morgan fingerprint density at radius 3 is 2.46 bits per heavy atom. The van der Waals surface area contributed by atoms with E-state index in [4.69, 9.17) is 27.7 Å². The summed E-state index contributed by atoms with van der Waals surface area (Å²) < 4.78 is 6.27. The molecule has 1 aliphatic heterocycles. The monoisotopic (exact) mass is 408 g/mol. The number of piperazine rings is 1. The number of nitrogens with zero attached hydrogens (tertiary/aromatic N) is 4. The molecule has 0 amide bonds. The van der Waals surface area contributed by atoms with Crippen LogP contribution in [0.2, 0.25) is 9.36 Å². The zero-order valence-corrected chi connectivity index (χ0v) is 16.4. The summed E-state index contributed by atoms with van der Waals surface area (Å²) in [6.07, 6.45) is 0. The Kier molecular flexibility index (Phi) is 5.57. The Balaban J connectivity index is 1.30. The zero-order valence-electron chi connectivity index (χ0n) is 14.1. The van der Waals surface area contributed by atoms with Gasteiger partial charge in [0.1, 0.15) is 0 Å². The SMILES string of the molecule is Clc1cccc(-c2noc(CN3CCN(Cc4ccc(Cl)s4)CC3)n2)c1. The quantitative estimate of drug-likeness (QED) is 0.624. The molecule has 1 aromatic carbocycles. The first-order chi connectivity index (χ1) is 12.7. The second kappa shape index (κ2) is 8.06. The fourth-order valence-electron chi connectivity index (χ4n) is 3.02. The molecule has 0 saturated carbocycles. The van der Waals surface area contributed by atoms with Gasteiger partial charge in [0.2, 0.25) is 11.7 Å². The van der Waals surface area contributed by atoms with Crippen molar-refractivity contribution in [3.8, 4) is 11.4 Å². The molecule has 0 bridgehead atoms. The topological polar surface area (TPSA) is 45.4 Å². The Morgan fingerprint density at radius 1 is 1.00 bits per heavy atom. The van der Waals surface area contributed by atoms with Crippen molar-refractivity contribution in [3.63, 3.8) is 0 Å². The standard InChI is InChI=1S/C18H18Cl2N4OS/c19-14-3-1-2-13(10-14)18-21-17(25-22-18)12-24-8-6-23(7-9-24)11-15-4-5-16(20)26-15/h1-5,10H,6-9,11-12H2. The maximum absolute atomic E-state index is 6.02. The Hall–Kier alpha value is -1.44. The Bertz CT molecular complexity index is 873. The van der Waals surface area contributed by atoms with Gasteiger partial charge in [-0.2, -0.15) is 4.98 Å². The van der Waals surface area contributed by atoms with Crippen LogP contribution in [0.5, 0.6) is 0 Å². The number of halogens is 2. The number of aromatic nitrogens is 2. The molecule has 136 valence electrons. The summed E-state index contributed by atoms with van der Waals surface area (Å²) in [5.74, 6) is 1.22. The molecule has 3 heterocycles. The third-order valence-corrected chi connectivity index (χ3v) is 5.83. The first-order valence-corrected chi connectivity index (χ1v) is 10.0. The molecule has 0 aliphatic carbocycles. The fraction of sp³-hybridized carbons (Fsp3) is 0.333. The molecule has 0 unspecified atom stereocenters. The molecule has 8 heteroatoms. The van der Waals surface area contributed by atoms with E-state index in [9.17, 15) is 0 Å². The maximum atomic E-state index is 6.02. The largest absolute Gasteiger partial charge is 0.338 e. The molecule has 0 radical (unpaired) electrons. The molecular formula is C18H18Cl2N4OS. The van der Waals surface area contributed by atoms with Gasteiger partial charge in [0.15, 0.2) is 0 Å². The first-order valence-electron chi connectivity index (χ1n) is 8.43. The third kappa shape index (κ3) is 4.45. The van der Waals surface area contributed by atoms with E-state index in [-0.39, 0.29) is 0 Å². The summed E-state index contributed by atoms with van der Waals surface area (Å²) in [5, 5.41) is 4.74. The van der Waals surface area contributed by atoms with E-state index in [0.717, 1.165) is 42.6 Å². The lowest BCUT2D eigenvalue weighted by atomic mass is 10.2. The minimum Gasteiger partial charge on any atom is -0.338 e. The molecule has 5 nitrogen and oxygen atoms in total. The molecule has 0 N–H and O–H groups in total. The smallest absolute Gasteiger partial charge is 0.241 e. The van der Waals surface area contributed by atoms with Crippen molar-refractivity contribution in [2.45, 2.75) is 13.1 Å². The van der Waals surface area contributed by atoms with Crippen molar-refractivity contribution in [3.05, 3.63) is 56.5 Å². The van der Waals surface area contributed by atoms with Gasteiger partial charge in [-0.1, -0.05) is 40.5 Å². The van der Waals surface area contributed by atoms with Crippen molar-refractivity contribution in [1.29, 1.82) is 0 Å². The lowest BCUT2D eigenvalue weighted by Crippen LogP contribution is -2.45. The normalized spacial score (nSPS) is 16.2. The van der Waals surface area contributed by atoms with Crippen molar-refractivity contribution in [2.24, 2.45) is 0 Å². The molecule has 0 atom stereocenters. The van der Waals surface area contributed by atoms with Gasteiger partial charge in [-0.3, -0.25) is 9.80 Å². The predicted octanol–water partition coefficient (Wildman–Crippen LogP) is 4.42. The number of hydrogen-bond donors (Lipinski definition) is 0. The van der Waals surface area contributed by atoms with Crippen LogP contribution in [-0.4, -0.2) is 46.1 Å². The van der Waals surface area contributed by atoms with E-state index in [2.05, 4.69) is 26.0 Å². The van der Waals surface area contributed by atoms with Gasteiger partial charge in [-0.25, -0.2) is 0 Å². The average Bonchev–Trinajstić information content (AvgIpc) is 3.26.